The number of hydrogen-bond acceptors (Lipinski definition) is 5. The van der Waals surface area contributed by atoms with Crippen molar-refractivity contribution in [2.45, 2.75) is 25.9 Å². The van der Waals surface area contributed by atoms with Crippen molar-refractivity contribution in [3.8, 4) is 5.75 Å². The van der Waals surface area contributed by atoms with Crippen LogP contribution in [0.3, 0.4) is 0 Å². The lowest BCUT2D eigenvalue weighted by molar-refractivity contribution is -0.140. The smallest absolute Gasteiger partial charge is 0.244 e. The molecule has 0 aromatic heterocycles. The summed E-state index contributed by atoms with van der Waals surface area (Å²) in [6.07, 6.45) is 1.27. The lowest BCUT2D eigenvalue weighted by atomic mass is 10.0. The van der Waals surface area contributed by atoms with Crippen molar-refractivity contribution < 1.29 is 22.7 Å². The highest BCUT2D eigenvalue weighted by molar-refractivity contribution is 7.92. The van der Waals surface area contributed by atoms with E-state index in [2.05, 4.69) is 5.32 Å². The number of amides is 2. The van der Waals surface area contributed by atoms with Crippen molar-refractivity contribution in [2.24, 2.45) is 0 Å². The molecule has 0 spiro atoms. The number of anilines is 1. The average molecular weight is 558 g/mol. The summed E-state index contributed by atoms with van der Waals surface area (Å²) in [5.74, 6) is -0.449. The summed E-state index contributed by atoms with van der Waals surface area (Å²) in [6.45, 7) is 1.67. The zero-order chi connectivity index (χ0) is 27.7. The topological polar surface area (TPSA) is 96.0 Å². The summed E-state index contributed by atoms with van der Waals surface area (Å²) in [6, 6.07) is 21.9. The van der Waals surface area contributed by atoms with Crippen LogP contribution < -0.4 is 14.4 Å². The van der Waals surface area contributed by atoms with Gasteiger partial charge in [0.1, 0.15) is 18.3 Å². The van der Waals surface area contributed by atoms with Gasteiger partial charge in [-0.15, -0.1) is 0 Å². The van der Waals surface area contributed by atoms with E-state index in [9.17, 15) is 18.0 Å². The first kappa shape index (κ1) is 29.0. The van der Waals surface area contributed by atoms with E-state index >= 15 is 0 Å². The minimum Gasteiger partial charge on any atom is -0.497 e. The van der Waals surface area contributed by atoms with Gasteiger partial charge in [-0.3, -0.25) is 13.9 Å². The maximum atomic E-state index is 13.9. The fraction of sp³-hybridized carbons (Fsp3) is 0.286. The average Bonchev–Trinajstić information content (AvgIpc) is 2.90. The molecule has 10 heteroatoms. The van der Waals surface area contributed by atoms with Crippen LogP contribution in [0.15, 0.2) is 78.9 Å². The van der Waals surface area contributed by atoms with Gasteiger partial charge >= 0.3 is 0 Å². The van der Waals surface area contributed by atoms with Crippen LogP contribution in [0.25, 0.3) is 0 Å². The summed E-state index contributed by atoms with van der Waals surface area (Å²) in [4.78, 5) is 28.7. The largest absolute Gasteiger partial charge is 0.497 e. The predicted molar refractivity (Wildman–Crippen MR) is 150 cm³/mol. The fourth-order valence-electron chi connectivity index (χ4n) is 4.04. The Bertz CT molecular complexity index is 1350. The Morgan fingerprint density at radius 3 is 2.32 bits per heavy atom. The first-order chi connectivity index (χ1) is 18.1. The number of hydrogen-bond donors (Lipinski definition) is 1. The van der Waals surface area contributed by atoms with E-state index in [1.165, 1.54) is 18.1 Å². The highest BCUT2D eigenvalue weighted by atomic mass is 35.5. The highest BCUT2D eigenvalue weighted by Crippen LogP contribution is 2.25. The number of carbonyl (C=O) groups excluding carboxylic acids is 2. The van der Waals surface area contributed by atoms with Crippen molar-refractivity contribution in [1.29, 1.82) is 0 Å². The number of sulfonamides is 1. The number of likely N-dealkylation sites (N-methyl/N-ethyl adjacent to an activating group) is 1. The molecule has 1 unspecified atom stereocenters. The summed E-state index contributed by atoms with van der Waals surface area (Å²) in [5.41, 5.74) is 1.76. The van der Waals surface area contributed by atoms with Crippen LogP contribution >= 0.6 is 11.6 Å². The number of rotatable bonds is 12. The molecule has 0 bridgehead atoms. The third kappa shape index (κ3) is 7.72. The molecule has 0 saturated heterocycles. The van der Waals surface area contributed by atoms with Crippen LogP contribution in [0.4, 0.5) is 5.69 Å². The number of carbonyl (C=O) groups is 2. The van der Waals surface area contributed by atoms with Gasteiger partial charge in [0.05, 0.1) is 19.1 Å². The predicted octanol–water partition coefficient (Wildman–Crippen LogP) is 3.89. The summed E-state index contributed by atoms with van der Waals surface area (Å²) < 4.78 is 31.9. The molecule has 0 saturated carbocycles. The molecule has 3 aromatic rings. The Morgan fingerprint density at radius 2 is 1.68 bits per heavy atom. The summed E-state index contributed by atoms with van der Waals surface area (Å²) in [5, 5.41) is 3.26. The van der Waals surface area contributed by atoms with Gasteiger partial charge < -0.3 is 15.0 Å². The van der Waals surface area contributed by atoms with Crippen molar-refractivity contribution in [3.63, 3.8) is 0 Å². The van der Waals surface area contributed by atoms with Gasteiger partial charge in [-0.05, 0) is 36.2 Å². The van der Waals surface area contributed by atoms with Crippen LogP contribution in [0, 0.1) is 0 Å². The van der Waals surface area contributed by atoms with E-state index < -0.39 is 28.5 Å². The monoisotopic (exact) mass is 557 g/mol. The molecule has 0 aliphatic rings. The number of ether oxygens (including phenoxy) is 1. The normalized spacial score (nSPS) is 11.9. The van der Waals surface area contributed by atoms with Gasteiger partial charge in [0.25, 0.3) is 0 Å². The van der Waals surface area contributed by atoms with E-state index in [1.54, 1.807) is 49.4 Å². The Morgan fingerprint density at radius 1 is 1.00 bits per heavy atom. The fourth-order valence-corrected chi connectivity index (χ4v) is 5.07. The number of benzene rings is 3. The Kier molecular flexibility index (Phi) is 10.2. The Labute approximate surface area is 229 Å². The van der Waals surface area contributed by atoms with Crippen LogP contribution in [0.2, 0.25) is 5.02 Å². The molecule has 1 N–H and O–H groups in total. The molecule has 3 aromatic carbocycles. The first-order valence-electron chi connectivity index (χ1n) is 12.1. The number of halogens is 1. The van der Waals surface area contributed by atoms with Gasteiger partial charge in [-0.2, -0.15) is 0 Å². The second-order valence-electron chi connectivity index (χ2n) is 8.68. The van der Waals surface area contributed by atoms with Gasteiger partial charge in [-0.1, -0.05) is 66.2 Å². The zero-order valence-electron chi connectivity index (χ0n) is 21.6. The summed E-state index contributed by atoms with van der Waals surface area (Å²) in [7, 11) is -2.39. The van der Waals surface area contributed by atoms with Crippen LogP contribution in [0.5, 0.6) is 5.75 Å². The lowest BCUT2D eigenvalue weighted by Gasteiger charge is -2.33. The quantitative estimate of drug-likeness (QED) is 0.364. The zero-order valence-corrected chi connectivity index (χ0v) is 23.2. The van der Waals surface area contributed by atoms with Gasteiger partial charge in [-0.25, -0.2) is 8.42 Å². The third-order valence-electron chi connectivity index (χ3n) is 5.94. The van der Waals surface area contributed by atoms with Gasteiger partial charge in [0.2, 0.25) is 21.8 Å². The minimum atomic E-state index is -3.86. The van der Waals surface area contributed by atoms with Gasteiger partial charge in [0, 0.05) is 30.6 Å². The molecule has 0 radical (unpaired) electrons. The van der Waals surface area contributed by atoms with E-state index in [0.717, 1.165) is 16.1 Å². The van der Waals surface area contributed by atoms with E-state index in [1.807, 2.05) is 30.3 Å². The third-order valence-corrected chi connectivity index (χ3v) is 7.45. The summed E-state index contributed by atoms with van der Waals surface area (Å²) >= 11 is 6.43. The molecule has 202 valence electrons. The van der Waals surface area contributed by atoms with Crippen LogP contribution in [-0.2, 0) is 32.6 Å². The molecule has 0 aliphatic carbocycles. The highest BCUT2D eigenvalue weighted by Gasteiger charge is 2.33. The van der Waals surface area contributed by atoms with Crippen LogP contribution in [-0.4, -0.2) is 57.6 Å². The lowest BCUT2D eigenvalue weighted by Crippen LogP contribution is -2.53. The molecule has 0 fully saturated rings. The molecule has 3 rings (SSSR count). The van der Waals surface area contributed by atoms with E-state index in [-0.39, 0.29) is 24.6 Å². The van der Waals surface area contributed by atoms with Gasteiger partial charge in [0.15, 0.2) is 0 Å². The van der Waals surface area contributed by atoms with Crippen LogP contribution in [0.1, 0.15) is 18.1 Å². The van der Waals surface area contributed by atoms with E-state index in [0.29, 0.717) is 22.9 Å². The number of nitrogens with one attached hydrogen (secondary N) is 1. The van der Waals surface area contributed by atoms with Crippen molar-refractivity contribution in [2.75, 3.05) is 30.8 Å². The number of methoxy groups -OCH3 is 1. The SMILES string of the molecule is CCNC(=O)C(Cc1ccccc1)N(Cc1ccccc1Cl)C(=O)CN(c1cccc(OC)c1)S(C)(=O)=O. The molecular weight excluding hydrogens is 526 g/mol. The molecule has 1 atom stereocenters. The molecule has 0 heterocycles. The first-order valence-corrected chi connectivity index (χ1v) is 14.3. The maximum Gasteiger partial charge on any atom is 0.244 e. The Balaban J connectivity index is 2.05. The molecule has 8 nitrogen and oxygen atoms in total. The van der Waals surface area contributed by atoms with Crippen molar-refractivity contribution in [1.82, 2.24) is 10.2 Å². The molecule has 0 aliphatic heterocycles. The minimum absolute atomic E-state index is 0.0167. The second-order valence-corrected chi connectivity index (χ2v) is 11.0. The molecule has 38 heavy (non-hydrogen) atoms. The van der Waals surface area contributed by atoms with Crippen molar-refractivity contribution in [3.05, 3.63) is 95.0 Å². The standard InChI is InChI=1S/C28H32ClN3O5S/c1-4-30-28(34)26(17-21-11-6-5-7-12-21)31(19-22-13-8-9-16-25(22)29)27(33)20-32(38(3,35)36)23-14-10-15-24(18-23)37-2/h5-16,18,26H,4,17,19-20H2,1-3H3,(H,30,34). The second kappa shape index (κ2) is 13.3. The molecular formula is C28H32ClN3O5S. The van der Waals surface area contributed by atoms with Crippen molar-refractivity contribution >= 4 is 39.1 Å². The van der Waals surface area contributed by atoms with E-state index in [4.69, 9.17) is 16.3 Å². The number of nitrogens with zero attached hydrogens (tertiary/aromatic N) is 2. The maximum absolute atomic E-state index is 13.9. The Hall–Kier alpha value is -3.56. The molecule has 2 amide bonds.